The zero-order valence-electron chi connectivity index (χ0n) is 13.2. The van der Waals surface area contributed by atoms with Gasteiger partial charge in [-0.15, -0.1) is 11.3 Å². The SMILES string of the molecule is CC[C@H](NC(=O)N1CCO[C@H](c2cccs2)C1)c1noc(C)n1. The van der Waals surface area contributed by atoms with Gasteiger partial charge in [0, 0.05) is 18.3 Å². The molecular formula is C15H20N4O3S. The van der Waals surface area contributed by atoms with Crippen LogP contribution in [0.15, 0.2) is 22.0 Å². The predicted molar refractivity (Wildman–Crippen MR) is 85.2 cm³/mol. The van der Waals surface area contributed by atoms with Crippen LogP contribution in [0.5, 0.6) is 0 Å². The van der Waals surface area contributed by atoms with E-state index in [1.165, 1.54) is 0 Å². The van der Waals surface area contributed by atoms with Crippen molar-refractivity contribution in [3.63, 3.8) is 0 Å². The van der Waals surface area contributed by atoms with Gasteiger partial charge in [-0.2, -0.15) is 4.98 Å². The number of carbonyl (C=O) groups is 1. The van der Waals surface area contributed by atoms with Gasteiger partial charge in [0.2, 0.25) is 5.89 Å². The third-order valence-electron chi connectivity index (χ3n) is 3.78. The molecule has 0 bridgehead atoms. The minimum Gasteiger partial charge on any atom is -0.369 e. The van der Waals surface area contributed by atoms with Crippen molar-refractivity contribution in [2.75, 3.05) is 19.7 Å². The fourth-order valence-corrected chi connectivity index (χ4v) is 3.29. The number of carbonyl (C=O) groups excluding carboxylic acids is 1. The highest BCUT2D eigenvalue weighted by molar-refractivity contribution is 7.10. The van der Waals surface area contributed by atoms with Crippen molar-refractivity contribution in [2.24, 2.45) is 0 Å². The Bertz CT molecular complexity index is 643. The number of ether oxygens (including phenoxy) is 1. The Balaban J connectivity index is 1.62. The highest BCUT2D eigenvalue weighted by Gasteiger charge is 2.28. The number of thiophene rings is 1. The number of rotatable bonds is 4. The molecule has 0 aromatic carbocycles. The molecule has 124 valence electrons. The zero-order valence-corrected chi connectivity index (χ0v) is 14.0. The fraction of sp³-hybridized carbons (Fsp3) is 0.533. The molecule has 23 heavy (non-hydrogen) atoms. The van der Waals surface area contributed by atoms with E-state index in [1.807, 2.05) is 24.4 Å². The molecule has 3 heterocycles. The van der Waals surface area contributed by atoms with Crippen molar-refractivity contribution in [2.45, 2.75) is 32.4 Å². The lowest BCUT2D eigenvalue weighted by molar-refractivity contribution is -0.0139. The van der Waals surface area contributed by atoms with Crippen molar-refractivity contribution in [3.05, 3.63) is 34.1 Å². The summed E-state index contributed by atoms with van der Waals surface area (Å²) in [5.41, 5.74) is 0. The average Bonchev–Trinajstić information content (AvgIpc) is 3.24. The van der Waals surface area contributed by atoms with Gasteiger partial charge in [-0.05, 0) is 17.9 Å². The minimum atomic E-state index is -0.247. The lowest BCUT2D eigenvalue weighted by Gasteiger charge is -2.33. The van der Waals surface area contributed by atoms with Crippen molar-refractivity contribution >= 4 is 17.4 Å². The highest BCUT2D eigenvalue weighted by atomic mass is 32.1. The fourth-order valence-electron chi connectivity index (χ4n) is 2.53. The average molecular weight is 336 g/mol. The molecule has 2 atom stereocenters. The molecule has 2 aromatic heterocycles. The van der Waals surface area contributed by atoms with E-state index in [1.54, 1.807) is 23.2 Å². The number of hydrogen-bond acceptors (Lipinski definition) is 6. The van der Waals surface area contributed by atoms with E-state index in [2.05, 4.69) is 15.5 Å². The largest absolute Gasteiger partial charge is 0.369 e. The summed E-state index contributed by atoms with van der Waals surface area (Å²) in [5.74, 6) is 1.01. The first-order valence-electron chi connectivity index (χ1n) is 7.68. The molecule has 7 nitrogen and oxygen atoms in total. The number of morpholine rings is 1. The predicted octanol–water partition coefficient (Wildman–Crippen LogP) is 2.67. The van der Waals surface area contributed by atoms with Crippen LogP contribution in [0.3, 0.4) is 0 Å². The molecule has 3 rings (SSSR count). The van der Waals surface area contributed by atoms with Crippen LogP contribution in [0, 0.1) is 6.92 Å². The molecule has 1 aliphatic rings. The Morgan fingerprint density at radius 2 is 2.48 bits per heavy atom. The van der Waals surface area contributed by atoms with E-state index < -0.39 is 0 Å². The lowest BCUT2D eigenvalue weighted by atomic mass is 10.2. The van der Waals surface area contributed by atoms with E-state index >= 15 is 0 Å². The third-order valence-corrected chi connectivity index (χ3v) is 4.74. The van der Waals surface area contributed by atoms with Gasteiger partial charge in [-0.3, -0.25) is 0 Å². The van der Waals surface area contributed by atoms with Gasteiger partial charge in [0.15, 0.2) is 5.82 Å². The minimum absolute atomic E-state index is 0.0537. The summed E-state index contributed by atoms with van der Waals surface area (Å²) in [6, 6.07) is 3.66. The Morgan fingerprint density at radius 1 is 1.61 bits per heavy atom. The first-order valence-corrected chi connectivity index (χ1v) is 8.56. The quantitative estimate of drug-likeness (QED) is 0.928. The van der Waals surface area contributed by atoms with Crippen LogP contribution in [0.25, 0.3) is 0 Å². The Hall–Kier alpha value is -1.93. The summed E-state index contributed by atoms with van der Waals surface area (Å²) in [5, 5.41) is 8.90. The number of aryl methyl sites for hydroxylation is 1. The summed E-state index contributed by atoms with van der Waals surface area (Å²) in [6.45, 7) is 5.38. The van der Waals surface area contributed by atoms with Gasteiger partial charge in [-0.1, -0.05) is 18.1 Å². The normalized spacial score (nSPS) is 19.6. The molecule has 0 radical (unpaired) electrons. The molecular weight excluding hydrogens is 316 g/mol. The van der Waals surface area contributed by atoms with Crippen molar-refractivity contribution in [3.8, 4) is 0 Å². The Labute approximate surface area is 138 Å². The first kappa shape index (κ1) is 15.9. The van der Waals surface area contributed by atoms with E-state index in [0.717, 1.165) is 4.88 Å². The maximum atomic E-state index is 12.5. The van der Waals surface area contributed by atoms with Crippen LogP contribution in [-0.2, 0) is 4.74 Å². The molecule has 1 aliphatic heterocycles. The van der Waals surface area contributed by atoms with Crippen LogP contribution in [-0.4, -0.2) is 40.8 Å². The zero-order chi connectivity index (χ0) is 16.2. The number of nitrogens with one attached hydrogen (secondary N) is 1. The van der Waals surface area contributed by atoms with E-state index in [4.69, 9.17) is 9.26 Å². The number of aromatic nitrogens is 2. The van der Waals surface area contributed by atoms with Crippen LogP contribution < -0.4 is 5.32 Å². The second-order valence-corrected chi connectivity index (χ2v) is 6.38. The van der Waals surface area contributed by atoms with E-state index in [0.29, 0.717) is 37.8 Å². The van der Waals surface area contributed by atoms with Crippen molar-refractivity contribution in [1.29, 1.82) is 0 Å². The number of nitrogens with zero attached hydrogens (tertiary/aromatic N) is 3. The molecule has 2 amide bonds. The van der Waals surface area contributed by atoms with Crippen molar-refractivity contribution < 1.29 is 14.1 Å². The maximum Gasteiger partial charge on any atom is 0.318 e. The molecule has 1 fully saturated rings. The van der Waals surface area contributed by atoms with Gasteiger partial charge >= 0.3 is 6.03 Å². The number of hydrogen-bond donors (Lipinski definition) is 1. The van der Waals surface area contributed by atoms with Crippen LogP contribution >= 0.6 is 11.3 Å². The van der Waals surface area contributed by atoms with Crippen LogP contribution in [0.4, 0.5) is 4.79 Å². The second-order valence-electron chi connectivity index (χ2n) is 5.40. The standard InChI is InChI=1S/C15H20N4O3S/c1-3-11(14-16-10(2)22-18-14)17-15(20)19-6-7-21-12(9-19)13-5-4-8-23-13/h4-5,8,11-12H,3,6-7,9H2,1-2H3,(H,17,20)/t11-,12-/m0/s1. The molecule has 8 heteroatoms. The lowest BCUT2D eigenvalue weighted by Crippen LogP contribution is -2.48. The number of amides is 2. The molecule has 0 spiro atoms. The molecule has 0 unspecified atom stereocenters. The first-order chi connectivity index (χ1) is 11.2. The maximum absolute atomic E-state index is 12.5. The molecule has 1 N–H and O–H groups in total. The van der Waals surface area contributed by atoms with Gasteiger partial charge in [0.1, 0.15) is 6.10 Å². The Morgan fingerprint density at radius 3 is 3.13 bits per heavy atom. The highest BCUT2D eigenvalue weighted by Crippen LogP contribution is 2.26. The van der Waals surface area contributed by atoms with Crippen LogP contribution in [0.1, 0.15) is 42.1 Å². The Kier molecular flexibility index (Phi) is 4.92. The molecule has 0 aliphatic carbocycles. The molecule has 0 saturated carbocycles. The number of urea groups is 1. The summed E-state index contributed by atoms with van der Waals surface area (Å²) in [4.78, 5) is 19.7. The monoisotopic (exact) mass is 336 g/mol. The smallest absolute Gasteiger partial charge is 0.318 e. The molecule has 1 saturated heterocycles. The second kappa shape index (κ2) is 7.10. The topological polar surface area (TPSA) is 80.5 Å². The third kappa shape index (κ3) is 3.70. The van der Waals surface area contributed by atoms with Gasteiger partial charge in [-0.25, -0.2) is 4.79 Å². The van der Waals surface area contributed by atoms with Crippen molar-refractivity contribution in [1.82, 2.24) is 20.4 Å². The van der Waals surface area contributed by atoms with Crippen LogP contribution in [0.2, 0.25) is 0 Å². The van der Waals surface area contributed by atoms with Gasteiger partial charge in [0.25, 0.3) is 0 Å². The van der Waals surface area contributed by atoms with E-state index in [-0.39, 0.29) is 18.2 Å². The molecule has 2 aromatic rings. The van der Waals surface area contributed by atoms with E-state index in [9.17, 15) is 4.79 Å². The van der Waals surface area contributed by atoms with Gasteiger partial charge < -0.3 is 19.5 Å². The summed E-state index contributed by atoms with van der Waals surface area (Å²) < 4.78 is 10.8. The van der Waals surface area contributed by atoms with Gasteiger partial charge in [0.05, 0.1) is 19.2 Å². The summed E-state index contributed by atoms with van der Waals surface area (Å²) >= 11 is 1.65. The summed E-state index contributed by atoms with van der Waals surface area (Å²) in [6.07, 6.45) is 0.644. The summed E-state index contributed by atoms with van der Waals surface area (Å²) in [7, 11) is 0.